The van der Waals surface area contributed by atoms with Crippen LogP contribution in [0.3, 0.4) is 0 Å². The van der Waals surface area contributed by atoms with Gasteiger partial charge in [-0.2, -0.15) is 0 Å². The third-order valence-corrected chi connectivity index (χ3v) is 3.41. The highest BCUT2D eigenvalue weighted by molar-refractivity contribution is 5.80. The normalized spacial score (nSPS) is 33.6. The van der Waals surface area contributed by atoms with Crippen LogP contribution in [0.4, 0.5) is 0 Å². The van der Waals surface area contributed by atoms with Gasteiger partial charge in [0.1, 0.15) is 0 Å². The van der Waals surface area contributed by atoms with Gasteiger partial charge in [-0.15, -0.1) is 0 Å². The topological polar surface area (TPSA) is 26.3 Å². The Morgan fingerprint density at radius 1 is 1.64 bits per heavy atom. The van der Waals surface area contributed by atoms with Crippen LogP contribution in [-0.2, 0) is 9.53 Å². The third-order valence-electron chi connectivity index (χ3n) is 3.41. The van der Waals surface area contributed by atoms with Crippen LogP contribution in [0.2, 0.25) is 0 Å². The van der Waals surface area contributed by atoms with E-state index in [2.05, 4.69) is 19.1 Å². The highest BCUT2D eigenvalue weighted by Crippen LogP contribution is 2.49. The van der Waals surface area contributed by atoms with Crippen LogP contribution < -0.4 is 0 Å². The maximum atomic E-state index is 11.8. The quantitative estimate of drug-likeness (QED) is 0.391. The number of fused-ring (bicyclic) bond motifs is 2. The minimum absolute atomic E-state index is 0.0159. The second-order valence-corrected chi connectivity index (χ2v) is 4.51. The maximum Gasteiger partial charge on any atom is 0.315 e. The van der Waals surface area contributed by atoms with Crippen LogP contribution in [0.5, 0.6) is 0 Å². The van der Waals surface area contributed by atoms with Crippen molar-refractivity contribution in [2.45, 2.75) is 39.0 Å². The van der Waals surface area contributed by atoms with Crippen molar-refractivity contribution < 1.29 is 9.53 Å². The van der Waals surface area contributed by atoms with Crippen LogP contribution >= 0.6 is 0 Å². The van der Waals surface area contributed by atoms with Crippen molar-refractivity contribution in [2.24, 2.45) is 11.3 Å². The van der Waals surface area contributed by atoms with Crippen molar-refractivity contribution in [3.63, 3.8) is 0 Å². The Kier molecular flexibility index (Phi) is 2.62. The molecular formula is C12H18O2. The smallest absolute Gasteiger partial charge is 0.315 e. The van der Waals surface area contributed by atoms with Crippen molar-refractivity contribution in [3.8, 4) is 0 Å². The number of esters is 1. The molecule has 2 nitrogen and oxygen atoms in total. The average molecular weight is 194 g/mol. The van der Waals surface area contributed by atoms with Gasteiger partial charge in [0, 0.05) is 0 Å². The molecule has 1 fully saturated rings. The fourth-order valence-electron chi connectivity index (χ4n) is 2.46. The van der Waals surface area contributed by atoms with Gasteiger partial charge >= 0.3 is 5.97 Å². The third kappa shape index (κ3) is 1.58. The average Bonchev–Trinajstić information content (AvgIpc) is 2.78. The zero-order valence-corrected chi connectivity index (χ0v) is 8.79. The van der Waals surface area contributed by atoms with E-state index in [9.17, 15) is 4.79 Å². The van der Waals surface area contributed by atoms with Gasteiger partial charge in [0.15, 0.2) is 0 Å². The van der Waals surface area contributed by atoms with Crippen LogP contribution in [-0.4, -0.2) is 12.6 Å². The summed E-state index contributed by atoms with van der Waals surface area (Å²) >= 11 is 0. The minimum Gasteiger partial charge on any atom is -0.465 e. The van der Waals surface area contributed by atoms with E-state index in [1.165, 1.54) is 6.42 Å². The van der Waals surface area contributed by atoms with Gasteiger partial charge in [-0.3, -0.25) is 4.79 Å². The predicted molar refractivity (Wildman–Crippen MR) is 54.8 cm³/mol. The molecule has 2 rings (SSSR count). The first-order chi connectivity index (χ1) is 6.77. The lowest BCUT2D eigenvalue weighted by Crippen LogP contribution is -2.27. The monoisotopic (exact) mass is 194 g/mol. The number of carbonyl (C=O) groups excluding carboxylic acids is 1. The molecule has 78 valence electrons. The first-order valence-electron chi connectivity index (χ1n) is 5.63. The Bertz CT molecular complexity index is 257. The van der Waals surface area contributed by atoms with Crippen LogP contribution in [0.25, 0.3) is 0 Å². The van der Waals surface area contributed by atoms with Gasteiger partial charge in [0.25, 0.3) is 0 Å². The molecule has 2 atom stereocenters. The first-order valence-corrected chi connectivity index (χ1v) is 5.63. The molecular weight excluding hydrogens is 176 g/mol. The van der Waals surface area contributed by atoms with E-state index in [-0.39, 0.29) is 11.4 Å². The predicted octanol–water partition coefficient (Wildman–Crippen LogP) is 2.69. The number of carbonyl (C=O) groups is 1. The molecule has 0 N–H and O–H groups in total. The Labute approximate surface area is 85.3 Å². The summed E-state index contributed by atoms with van der Waals surface area (Å²) in [5, 5.41) is 0. The van der Waals surface area contributed by atoms with Crippen molar-refractivity contribution in [3.05, 3.63) is 12.2 Å². The standard InChI is InChI=1S/C12H18O2/c1-2-3-8-14-11(13)12-6-4-10(9-12)5-7-12/h4,6,10H,2-3,5,7-9H2,1H3. The summed E-state index contributed by atoms with van der Waals surface area (Å²) in [4.78, 5) is 11.8. The molecule has 2 aliphatic rings. The Morgan fingerprint density at radius 3 is 3.00 bits per heavy atom. The minimum atomic E-state index is -0.224. The number of hydrogen-bond donors (Lipinski definition) is 0. The fraction of sp³-hybridized carbons (Fsp3) is 0.750. The van der Waals surface area contributed by atoms with Gasteiger partial charge in [-0.1, -0.05) is 25.5 Å². The number of unbranched alkanes of at least 4 members (excludes halogenated alkanes) is 1. The molecule has 0 radical (unpaired) electrons. The Hall–Kier alpha value is -0.790. The zero-order valence-electron chi connectivity index (χ0n) is 8.79. The summed E-state index contributed by atoms with van der Waals surface area (Å²) in [5.74, 6) is 0.663. The van der Waals surface area contributed by atoms with Crippen molar-refractivity contribution in [1.82, 2.24) is 0 Å². The molecule has 2 aliphatic carbocycles. The van der Waals surface area contributed by atoms with Crippen molar-refractivity contribution in [2.75, 3.05) is 6.61 Å². The van der Waals surface area contributed by atoms with E-state index in [4.69, 9.17) is 4.74 Å². The number of rotatable bonds is 4. The fourth-order valence-corrected chi connectivity index (χ4v) is 2.46. The Balaban J connectivity index is 1.88. The van der Waals surface area contributed by atoms with Crippen LogP contribution in [0.15, 0.2) is 12.2 Å². The molecule has 2 unspecified atom stereocenters. The number of ether oxygens (including phenoxy) is 1. The second-order valence-electron chi connectivity index (χ2n) is 4.51. The summed E-state index contributed by atoms with van der Waals surface area (Å²) in [5.41, 5.74) is -0.224. The summed E-state index contributed by atoms with van der Waals surface area (Å²) in [6.45, 7) is 2.70. The summed E-state index contributed by atoms with van der Waals surface area (Å²) in [7, 11) is 0. The number of hydrogen-bond acceptors (Lipinski definition) is 2. The van der Waals surface area contributed by atoms with Gasteiger partial charge in [-0.05, 0) is 31.6 Å². The van der Waals surface area contributed by atoms with Gasteiger partial charge in [0.2, 0.25) is 0 Å². The lowest BCUT2D eigenvalue weighted by Gasteiger charge is -2.20. The zero-order chi connectivity index (χ0) is 10.0. The lowest BCUT2D eigenvalue weighted by atomic mass is 9.88. The van der Waals surface area contributed by atoms with Crippen molar-refractivity contribution >= 4 is 5.97 Å². The van der Waals surface area contributed by atoms with Crippen LogP contribution in [0, 0.1) is 11.3 Å². The molecule has 0 saturated heterocycles. The molecule has 0 heterocycles. The van der Waals surface area contributed by atoms with Gasteiger partial charge < -0.3 is 4.74 Å². The van der Waals surface area contributed by atoms with Gasteiger partial charge in [0.05, 0.1) is 12.0 Å². The number of allylic oxidation sites excluding steroid dienone is 1. The van der Waals surface area contributed by atoms with Crippen LogP contribution in [0.1, 0.15) is 39.0 Å². The lowest BCUT2D eigenvalue weighted by molar-refractivity contribution is -0.152. The van der Waals surface area contributed by atoms with E-state index in [1.807, 2.05) is 0 Å². The summed E-state index contributed by atoms with van der Waals surface area (Å²) in [6, 6.07) is 0. The maximum absolute atomic E-state index is 11.8. The highest BCUT2D eigenvalue weighted by atomic mass is 16.5. The SMILES string of the molecule is CCCCOC(=O)C12C=CC(CC1)C2. The molecule has 0 aliphatic heterocycles. The molecule has 1 saturated carbocycles. The van der Waals surface area contributed by atoms with E-state index < -0.39 is 0 Å². The molecule has 0 amide bonds. The molecule has 0 aromatic rings. The summed E-state index contributed by atoms with van der Waals surface area (Å²) in [6.07, 6.45) is 9.49. The summed E-state index contributed by atoms with van der Waals surface area (Å²) < 4.78 is 5.30. The molecule has 2 bridgehead atoms. The van der Waals surface area contributed by atoms with E-state index in [0.29, 0.717) is 12.5 Å². The molecule has 2 heteroatoms. The van der Waals surface area contributed by atoms with E-state index >= 15 is 0 Å². The molecule has 0 spiro atoms. The Morgan fingerprint density at radius 2 is 2.50 bits per heavy atom. The second kappa shape index (κ2) is 3.76. The van der Waals surface area contributed by atoms with Crippen molar-refractivity contribution in [1.29, 1.82) is 0 Å². The van der Waals surface area contributed by atoms with E-state index in [0.717, 1.165) is 25.7 Å². The highest BCUT2D eigenvalue weighted by Gasteiger charge is 2.47. The van der Waals surface area contributed by atoms with E-state index in [1.54, 1.807) is 0 Å². The molecule has 0 aromatic carbocycles. The van der Waals surface area contributed by atoms with Gasteiger partial charge in [-0.25, -0.2) is 0 Å². The molecule has 14 heavy (non-hydrogen) atoms. The molecule has 0 aromatic heterocycles. The first kappa shape index (κ1) is 9.75. The largest absolute Gasteiger partial charge is 0.465 e.